The molecule has 1 unspecified atom stereocenters. The number of hydrogen-bond donors (Lipinski definition) is 0. The van der Waals surface area contributed by atoms with E-state index in [1.54, 1.807) is 4.90 Å². The van der Waals surface area contributed by atoms with Gasteiger partial charge in [0.15, 0.2) is 0 Å². The minimum absolute atomic E-state index is 0.207. The average molecular weight is 324 g/mol. The van der Waals surface area contributed by atoms with Crippen molar-refractivity contribution in [2.75, 3.05) is 18.4 Å². The fourth-order valence-corrected chi connectivity index (χ4v) is 2.17. The number of hydrogen-bond acceptors (Lipinski definition) is 2. The smallest absolute Gasteiger partial charge is 0.251 e. The Kier molecular flexibility index (Phi) is 6.78. The van der Waals surface area contributed by atoms with Crippen molar-refractivity contribution in [3.05, 3.63) is 18.0 Å². The highest BCUT2D eigenvalue weighted by Gasteiger charge is 2.13. The molecule has 3 nitrogen and oxygen atoms in total. The molecule has 1 atom stereocenters. The second-order valence-corrected chi connectivity index (χ2v) is 5.15. The highest BCUT2D eigenvalue weighted by atomic mass is 79.9. The Morgan fingerprint density at radius 1 is 1.50 bits per heavy atom. The summed E-state index contributed by atoms with van der Waals surface area (Å²) in [4.78, 5) is 1.71. The van der Waals surface area contributed by atoms with Gasteiger partial charge < -0.3 is 0 Å². The van der Waals surface area contributed by atoms with Gasteiger partial charge in [-0.2, -0.15) is 5.10 Å². The van der Waals surface area contributed by atoms with Crippen LogP contribution in [0, 0.1) is 0 Å². The molecule has 0 N–H and O–H groups in total. The first-order valence-corrected chi connectivity index (χ1v) is 7.29. The largest absolute Gasteiger partial charge is 0.291 e. The molecule has 0 fully saturated rings. The lowest BCUT2D eigenvalue weighted by molar-refractivity contribution is 0.0874. The lowest BCUT2D eigenvalue weighted by Gasteiger charge is -2.19. The van der Waals surface area contributed by atoms with Crippen LogP contribution in [0.25, 0.3) is 0 Å². The molecule has 0 aromatic carbocycles. The van der Waals surface area contributed by atoms with E-state index in [-0.39, 0.29) is 6.54 Å². The lowest BCUT2D eigenvalue weighted by atomic mass is 10.3. The van der Waals surface area contributed by atoms with Gasteiger partial charge in [0.2, 0.25) is 0 Å². The molecule has 104 valence electrons. The van der Waals surface area contributed by atoms with Gasteiger partial charge in [-0.25, -0.2) is 8.78 Å². The van der Waals surface area contributed by atoms with Crippen LogP contribution in [0.1, 0.15) is 32.0 Å². The van der Waals surface area contributed by atoms with E-state index in [1.165, 1.54) is 0 Å². The average Bonchev–Trinajstić information content (AvgIpc) is 2.76. The molecule has 6 heteroatoms. The molecule has 0 aliphatic rings. The van der Waals surface area contributed by atoms with Crippen LogP contribution in [0.3, 0.4) is 0 Å². The number of aromatic nitrogens is 2. The van der Waals surface area contributed by atoms with E-state index in [0.717, 1.165) is 12.1 Å². The molecule has 0 saturated heterocycles. The molecule has 0 aliphatic heterocycles. The van der Waals surface area contributed by atoms with Crippen LogP contribution in [-0.4, -0.2) is 39.5 Å². The number of alkyl halides is 3. The number of halogens is 3. The second kappa shape index (κ2) is 7.84. The maximum Gasteiger partial charge on any atom is 0.251 e. The molecule has 0 spiro atoms. The fraction of sp³-hybridized carbons (Fsp3) is 0.750. The van der Waals surface area contributed by atoms with Crippen molar-refractivity contribution in [2.45, 2.75) is 39.3 Å². The van der Waals surface area contributed by atoms with E-state index in [1.807, 2.05) is 16.9 Å². The van der Waals surface area contributed by atoms with Crippen molar-refractivity contribution < 1.29 is 8.78 Å². The topological polar surface area (TPSA) is 21.1 Å². The normalized spacial score (nSPS) is 13.5. The summed E-state index contributed by atoms with van der Waals surface area (Å²) in [7, 11) is 0. The number of nitrogens with zero attached hydrogens (tertiary/aromatic N) is 3. The quantitative estimate of drug-likeness (QED) is 0.684. The highest BCUT2D eigenvalue weighted by molar-refractivity contribution is 9.09. The van der Waals surface area contributed by atoms with E-state index in [2.05, 4.69) is 34.9 Å². The van der Waals surface area contributed by atoms with E-state index in [4.69, 9.17) is 0 Å². The van der Waals surface area contributed by atoms with Gasteiger partial charge in [-0.1, -0.05) is 22.9 Å². The molecule has 1 rings (SSSR count). The monoisotopic (exact) mass is 323 g/mol. The Morgan fingerprint density at radius 2 is 2.22 bits per heavy atom. The van der Waals surface area contributed by atoms with Gasteiger partial charge in [-0.3, -0.25) is 9.58 Å². The predicted molar refractivity (Wildman–Crippen MR) is 72.3 cm³/mol. The van der Waals surface area contributed by atoms with Gasteiger partial charge in [-0.15, -0.1) is 0 Å². The van der Waals surface area contributed by atoms with Crippen molar-refractivity contribution in [1.82, 2.24) is 14.7 Å². The first-order chi connectivity index (χ1) is 8.56. The van der Waals surface area contributed by atoms with E-state index in [0.29, 0.717) is 24.5 Å². The zero-order valence-electron chi connectivity index (χ0n) is 10.8. The Hall–Kier alpha value is -0.490. The maximum absolute atomic E-state index is 12.4. The minimum Gasteiger partial charge on any atom is -0.291 e. The summed E-state index contributed by atoms with van der Waals surface area (Å²) < 4.78 is 26.7. The van der Waals surface area contributed by atoms with Crippen LogP contribution in [-0.2, 0) is 6.54 Å². The molecule has 0 aliphatic carbocycles. The summed E-state index contributed by atoms with van der Waals surface area (Å²) in [6.07, 6.45) is 0.613. The third kappa shape index (κ3) is 5.02. The molecule has 0 saturated carbocycles. The fourth-order valence-electron chi connectivity index (χ4n) is 1.67. The first-order valence-electron chi connectivity index (χ1n) is 6.17. The summed E-state index contributed by atoms with van der Waals surface area (Å²) in [5, 5.41) is 5.11. The SMILES string of the molecule is CCC(C)n1ccc(CN(CCBr)CC(F)F)n1. The maximum atomic E-state index is 12.4. The second-order valence-electron chi connectivity index (χ2n) is 4.36. The molecule has 0 bridgehead atoms. The standard InChI is InChI=1S/C12H20BrF2N3/c1-3-10(2)18-6-4-11(16-18)8-17(7-5-13)9-12(14)15/h4,6,10,12H,3,5,7-9H2,1-2H3. The minimum atomic E-state index is -2.30. The van der Waals surface area contributed by atoms with E-state index in [9.17, 15) is 8.78 Å². The van der Waals surface area contributed by atoms with Crippen LogP contribution in [0.4, 0.5) is 8.78 Å². The van der Waals surface area contributed by atoms with Gasteiger partial charge in [0.1, 0.15) is 0 Å². The zero-order chi connectivity index (χ0) is 13.5. The summed E-state index contributed by atoms with van der Waals surface area (Å²) in [5.41, 5.74) is 0.844. The Bertz CT molecular complexity index is 344. The molecular weight excluding hydrogens is 304 g/mol. The van der Waals surface area contributed by atoms with Crippen molar-refractivity contribution in [2.24, 2.45) is 0 Å². The van der Waals surface area contributed by atoms with Crippen molar-refractivity contribution in [3.8, 4) is 0 Å². The molecule has 1 aromatic heterocycles. The Balaban J connectivity index is 2.60. The Morgan fingerprint density at radius 3 is 2.78 bits per heavy atom. The van der Waals surface area contributed by atoms with E-state index < -0.39 is 6.43 Å². The molecule has 1 heterocycles. The van der Waals surface area contributed by atoms with Crippen molar-refractivity contribution in [3.63, 3.8) is 0 Å². The van der Waals surface area contributed by atoms with Gasteiger partial charge in [0.25, 0.3) is 6.43 Å². The molecule has 18 heavy (non-hydrogen) atoms. The molecule has 1 aromatic rings. The summed E-state index contributed by atoms with van der Waals surface area (Å²) in [5.74, 6) is 0. The summed E-state index contributed by atoms with van der Waals surface area (Å²) in [6.45, 7) is 5.05. The third-order valence-corrected chi connectivity index (χ3v) is 3.24. The molecular formula is C12H20BrF2N3. The summed E-state index contributed by atoms with van der Waals surface area (Å²) in [6, 6.07) is 2.25. The van der Waals surface area contributed by atoms with Crippen LogP contribution < -0.4 is 0 Å². The predicted octanol–water partition coefficient (Wildman–Crippen LogP) is 3.32. The van der Waals surface area contributed by atoms with E-state index >= 15 is 0 Å². The molecule has 0 amide bonds. The number of rotatable bonds is 8. The van der Waals surface area contributed by atoms with Crippen molar-refractivity contribution in [1.29, 1.82) is 0 Å². The highest BCUT2D eigenvalue weighted by Crippen LogP contribution is 2.11. The van der Waals surface area contributed by atoms with Gasteiger partial charge >= 0.3 is 0 Å². The Labute approximate surface area is 115 Å². The van der Waals surface area contributed by atoms with Gasteiger partial charge in [0.05, 0.1) is 12.2 Å². The van der Waals surface area contributed by atoms with Crippen molar-refractivity contribution >= 4 is 15.9 Å². The summed E-state index contributed by atoms with van der Waals surface area (Å²) >= 11 is 3.28. The first kappa shape index (κ1) is 15.6. The van der Waals surface area contributed by atoms with Crippen LogP contribution in [0.15, 0.2) is 12.3 Å². The zero-order valence-corrected chi connectivity index (χ0v) is 12.4. The van der Waals surface area contributed by atoms with Crippen LogP contribution in [0.5, 0.6) is 0 Å². The van der Waals surface area contributed by atoms with Gasteiger partial charge in [0, 0.05) is 30.7 Å². The third-order valence-electron chi connectivity index (χ3n) is 2.89. The van der Waals surface area contributed by atoms with Crippen LogP contribution >= 0.6 is 15.9 Å². The van der Waals surface area contributed by atoms with Crippen LogP contribution in [0.2, 0.25) is 0 Å². The van der Waals surface area contributed by atoms with Gasteiger partial charge in [-0.05, 0) is 19.4 Å². The molecule has 0 radical (unpaired) electrons. The lowest BCUT2D eigenvalue weighted by Crippen LogP contribution is -2.30.